The number of H-pyrrole nitrogens is 1. The lowest BCUT2D eigenvalue weighted by atomic mass is 10.0. The van der Waals surface area contributed by atoms with Gasteiger partial charge in [-0.25, -0.2) is 4.79 Å². The van der Waals surface area contributed by atoms with E-state index in [9.17, 15) is 9.59 Å². The van der Waals surface area contributed by atoms with Gasteiger partial charge >= 0.3 is 5.63 Å². The molecule has 0 fully saturated rings. The summed E-state index contributed by atoms with van der Waals surface area (Å²) in [6.07, 6.45) is 0. The second kappa shape index (κ2) is 3.82. The number of para-hydroxylation sites is 1. The Morgan fingerprint density at radius 2 is 1.95 bits per heavy atom. The molecule has 0 saturated carbocycles. The van der Waals surface area contributed by atoms with Crippen molar-refractivity contribution in [2.45, 2.75) is 6.92 Å². The summed E-state index contributed by atoms with van der Waals surface area (Å²) in [6.45, 7) is 1.61. The molecule has 0 aliphatic rings. The number of nitriles is 1. The van der Waals surface area contributed by atoms with E-state index < -0.39 is 11.2 Å². The summed E-state index contributed by atoms with van der Waals surface area (Å²) in [5.41, 5.74) is -0.355. The van der Waals surface area contributed by atoms with Crippen LogP contribution in [0.2, 0.25) is 0 Å². The summed E-state index contributed by atoms with van der Waals surface area (Å²) < 4.78 is 5.21. The molecular weight excluding hydrogens is 244 g/mol. The van der Waals surface area contributed by atoms with Crippen LogP contribution in [0.3, 0.4) is 0 Å². The van der Waals surface area contributed by atoms with E-state index in [0.717, 1.165) is 0 Å². The van der Waals surface area contributed by atoms with E-state index in [2.05, 4.69) is 4.98 Å². The van der Waals surface area contributed by atoms with Gasteiger partial charge in [0.05, 0.1) is 5.39 Å². The van der Waals surface area contributed by atoms with Crippen LogP contribution >= 0.6 is 0 Å². The molecule has 92 valence electrons. The van der Waals surface area contributed by atoms with E-state index in [1.54, 1.807) is 31.2 Å². The molecule has 1 N–H and O–H groups in total. The number of rotatable bonds is 0. The van der Waals surface area contributed by atoms with Crippen LogP contribution in [-0.4, -0.2) is 4.98 Å². The van der Waals surface area contributed by atoms with Gasteiger partial charge in [0, 0.05) is 16.5 Å². The van der Waals surface area contributed by atoms with Gasteiger partial charge in [-0.2, -0.15) is 5.26 Å². The van der Waals surface area contributed by atoms with Crippen LogP contribution in [0.25, 0.3) is 21.7 Å². The Hall–Kier alpha value is -2.87. The number of pyridine rings is 1. The van der Waals surface area contributed by atoms with E-state index in [1.165, 1.54) is 0 Å². The molecule has 0 unspecified atom stereocenters. The van der Waals surface area contributed by atoms with Crippen LogP contribution in [0, 0.1) is 18.3 Å². The number of hydrogen-bond donors (Lipinski definition) is 1. The lowest BCUT2D eigenvalue weighted by Gasteiger charge is -2.05. The predicted molar refractivity (Wildman–Crippen MR) is 70.1 cm³/mol. The second-order valence-electron chi connectivity index (χ2n) is 4.20. The van der Waals surface area contributed by atoms with Gasteiger partial charge in [0.2, 0.25) is 0 Å². The van der Waals surface area contributed by atoms with Gasteiger partial charge in [-0.3, -0.25) is 4.79 Å². The predicted octanol–water partition coefficient (Wildman–Crippen LogP) is 1.81. The summed E-state index contributed by atoms with van der Waals surface area (Å²) in [7, 11) is 0. The number of aryl methyl sites for hydroxylation is 1. The van der Waals surface area contributed by atoms with E-state index in [1.807, 2.05) is 6.07 Å². The zero-order valence-electron chi connectivity index (χ0n) is 9.98. The third kappa shape index (κ3) is 1.47. The lowest BCUT2D eigenvalue weighted by molar-refractivity contribution is 0.569. The molecule has 5 nitrogen and oxygen atoms in total. The highest BCUT2D eigenvalue weighted by Gasteiger charge is 2.16. The maximum Gasteiger partial charge on any atom is 0.346 e. The van der Waals surface area contributed by atoms with Crippen LogP contribution in [0.5, 0.6) is 0 Å². The van der Waals surface area contributed by atoms with Gasteiger partial charge in [0.25, 0.3) is 5.56 Å². The largest absolute Gasteiger partial charge is 0.422 e. The highest BCUT2D eigenvalue weighted by molar-refractivity contribution is 6.07. The normalized spacial score (nSPS) is 10.7. The van der Waals surface area contributed by atoms with Crippen molar-refractivity contribution in [1.82, 2.24) is 4.98 Å². The number of nitrogens with one attached hydrogen (secondary N) is 1. The van der Waals surface area contributed by atoms with Gasteiger partial charge in [0.15, 0.2) is 0 Å². The standard InChI is InChI=1S/C14H8N2O3/c1-7-11-12(9(6-15)13(17)16-7)8-4-2-3-5-10(8)19-14(11)18/h2-5H,1H3,(H,16,17). The molecule has 0 saturated heterocycles. The highest BCUT2D eigenvalue weighted by Crippen LogP contribution is 2.24. The maximum absolute atomic E-state index is 12.0. The molecule has 2 heterocycles. The van der Waals surface area contributed by atoms with Crippen molar-refractivity contribution >= 4 is 21.7 Å². The van der Waals surface area contributed by atoms with Crippen molar-refractivity contribution in [3.05, 3.63) is 56.3 Å². The Bertz CT molecular complexity index is 974. The monoisotopic (exact) mass is 252 g/mol. The first kappa shape index (κ1) is 11.2. The van der Waals surface area contributed by atoms with Crippen LogP contribution in [-0.2, 0) is 0 Å². The highest BCUT2D eigenvalue weighted by atomic mass is 16.4. The summed E-state index contributed by atoms with van der Waals surface area (Å²) in [5.74, 6) is 0. The molecule has 19 heavy (non-hydrogen) atoms. The summed E-state index contributed by atoms with van der Waals surface area (Å²) in [5, 5.41) is 10.3. The molecule has 0 amide bonds. The molecule has 5 heteroatoms. The van der Waals surface area contributed by atoms with E-state index in [4.69, 9.17) is 9.68 Å². The fourth-order valence-electron chi connectivity index (χ4n) is 2.27. The first-order valence-electron chi connectivity index (χ1n) is 5.62. The zero-order chi connectivity index (χ0) is 13.6. The Balaban J connectivity index is 2.82. The van der Waals surface area contributed by atoms with Gasteiger partial charge in [0.1, 0.15) is 17.2 Å². The summed E-state index contributed by atoms with van der Waals surface area (Å²) >= 11 is 0. The third-order valence-corrected chi connectivity index (χ3v) is 3.08. The Kier molecular flexibility index (Phi) is 2.26. The quantitative estimate of drug-likeness (QED) is 0.488. The first-order valence-corrected chi connectivity index (χ1v) is 5.62. The van der Waals surface area contributed by atoms with Gasteiger partial charge in [-0.15, -0.1) is 0 Å². The Labute approximate surface area is 106 Å². The maximum atomic E-state index is 12.0. The molecular formula is C14H8N2O3. The molecule has 1 aromatic carbocycles. The Morgan fingerprint density at radius 3 is 2.68 bits per heavy atom. The van der Waals surface area contributed by atoms with Gasteiger partial charge in [-0.1, -0.05) is 18.2 Å². The number of aromatic nitrogens is 1. The second-order valence-corrected chi connectivity index (χ2v) is 4.20. The summed E-state index contributed by atoms with van der Waals surface area (Å²) in [4.78, 5) is 26.3. The molecule has 0 radical (unpaired) electrons. The number of hydrogen-bond acceptors (Lipinski definition) is 4. The van der Waals surface area contributed by atoms with Crippen molar-refractivity contribution in [2.75, 3.05) is 0 Å². The number of benzene rings is 1. The van der Waals surface area contributed by atoms with E-state index in [-0.39, 0.29) is 10.9 Å². The fourth-order valence-corrected chi connectivity index (χ4v) is 2.27. The van der Waals surface area contributed by atoms with Crippen LogP contribution in [0.4, 0.5) is 0 Å². The molecule has 3 rings (SSSR count). The third-order valence-electron chi connectivity index (χ3n) is 3.08. The van der Waals surface area contributed by atoms with E-state index in [0.29, 0.717) is 22.0 Å². The van der Waals surface area contributed by atoms with Crippen LogP contribution in [0.1, 0.15) is 11.3 Å². The van der Waals surface area contributed by atoms with Gasteiger partial charge < -0.3 is 9.40 Å². The molecule has 0 spiro atoms. The van der Waals surface area contributed by atoms with Crippen molar-refractivity contribution in [3.8, 4) is 6.07 Å². The minimum absolute atomic E-state index is 0.0651. The minimum atomic E-state index is -0.557. The minimum Gasteiger partial charge on any atom is -0.422 e. The van der Waals surface area contributed by atoms with Gasteiger partial charge in [-0.05, 0) is 13.0 Å². The lowest BCUT2D eigenvalue weighted by Crippen LogP contribution is -2.16. The number of fused-ring (bicyclic) bond motifs is 3. The SMILES string of the molecule is Cc1[nH]c(=O)c(C#N)c2c1c(=O)oc1ccccc12. The van der Waals surface area contributed by atoms with Crippen LogP contribution in [0.15, 0.2) is 38.3 Å². The Morgan fingerprint density at radius 1 is 1.21 bits per heavy atom. The van der Waals surface area contributed by atoms with Crippen molar-refractivity contribution in [2.24, 2.45) is 0 Å². The molecule has 0 bridgehead atoms. The molecule has 3 aromatic rings. The molecule has 0 aliphatic carbocycles. The average molecular weight is 252 g/mol. The van der Waals surface area contributed by atoms with Crippen LogP contribution < -0.4 is 11.2 Å². The average Bonchev–Trinajstić information content (AvgIpc) is 2.38. The topological polar surface area (TPSA) is 86.9 Å². The summed E-state index contributed by atoms with van der Waals surface area (Å²) in [6, 6.07) is 8.70. The first-order chi connectivity index (χ1) is 9.13. The zero-order valence-corrected chi connectivity index (χ0v) is 9.98. The molecule has 2 aromatic heterocycles. The van der Waals surface area contributed by atoms with Crippen molar-refractivity contribution < 1.29 is 4.42 Å². The smallest absolute Gasteiger partial charge is 0.346 e. The molecule has 0 aliphatic heterocycles. The van der Waals surface area contributed by atoms with Crippen molar-refractivity contribution in [3.63, 3.8) is 0 Å². The number of nitrogens with zero attached hydrogens (tertiary/aromatic N) is 1. The van der Waals surface area contributed by atoms with Crippen molar-refractivity contribution in [1.29, 1.82) is 5.26 Å². The number of aromatic amines is 1. The van der Waals surface area contributed by atoms with E-state index >= 15 is 0 Å². The fraction of sp³-hybridized carbons (Fsp3) is 0.0714. The molecule has 0 atom stereocenters.